The number of halogens is 1. The van der Waals surface area contributed by atoms with Crippen molar-refractivity contribution in [1.82, 2.24) is 0 Å². The molecule has 0 aliphatic carbocycles. The SMILES string of the molecule is O=C(Cc1csc(Cl)c1)Nc1ccc2c(c1)S(=O)(=O)CC(=O)N2. The molecule has 2 aromatic rings. The van der Waals surface area contributed by atoms with Gasteiger partial charge in [0.1, 0.15) is 5.75 Å². The largest absolute Gasteiger partial charge is 0.326 e. The predicted octanol–water partition coefficient (Wildman–Crippen LogP) is 2.31. The third-order valence-corrected chi connectivity index (χ3v) is 5.97. The summed E-state index contributed by atoms with van der Waals surface area (Å²) < 4.78 is 24.7. The molecule has 2 N–H and O–H groups in total. The van der Waals surface area contributed by atoms with Crippen molar-refractivity contribution < 1.29 is 18.0 Å². The summed E-state index contributed by atoms with van der Waals surface area (Å²) in [4.78, 5) is 23.4. The van der Waals surface area contributed by atoms with Crippen molar-refractivity contribution in [3.05, 3.63) is 39.5 Å². The Kier molecular flexibility index (Phi) is 4.13. The maximum Gasteiger partial charge on any atom is 0.239 e. The number of carbonyl (C=O) groups is 2. The third-order valence-electron chi connectivity index (χ3n) is 3.18. The van der Waals surface area contributed by atoms with Crippen LogP contribution in [0.5, 0.6) is 0 Å². The Hall–Kier alpha value is -1.90. The molecule has 1 aliphatic heterocycles. The lowest BCUT2D eigenvalue weighted by Gasteiger charge is -2.18. The van der Waals surface area contributed by atoms with E-state index < -0.39 is 21.5 Å². The lowest BCUT2D eigenvalue weighted by atomic mass is 10.2. The molecule has 0 bridgehead atoms. The average molecular weight is 371 g/mol. The van der Waals surface area contributed by atoms with Gasteiger partial charge in [-0.1, -0.05) is 11.6 Å². The van der Waals surface area contributed by atoms with Crippen LogP contribution in [0.2, 0.25) is 4.34 Å². The zero-order valence-corrected chi connectivity index (χ0v) is 14.0. The van der Waals surface area contributed by atoms with Gasteiger partial charge in [0.2, 0.25) is 11.8 Å². The van der Waals surface area contributed by atoms with Crippen molar-refractivity contribution in [1.29, 1.82) is 0 Å². The number of hydrogen-bond acceptors (Lipinski definition) is 5. The van der Waals surface area contributed by atoms with Gasteiger partial charge in [0.15, 0.2) is 9.84 Å². The second-order valence-electron chi connectivity index (χ2n) is 5.00. The number of benzene rings is 1. The van der Waals surface area contributed by atoms with E-state index in [0.29, 0.717) is 10.0 Å². The second-order valence-corrected chi connectivity index (χ2v) is 8.50. The molecule has 0 radical (unpaired) electrons. The fourth-order valence-electron chi connectivity index (χ4n) is 2.23. The van der Waals surface area contributed by atoms with Gasteiger partial charge in [0.25, 0.3) is 0 Å². The third kappa shape index (κ3) is 3.54. The van der Waals surface area contributed by atoms with Crippen LogP contribution < -0.4 is 10.6 Å². The number of amides is 2. The average Bonchev–Trinajstić information content (AvgIpc) is 2.84. The highest BCUT2D eigenvalue weighted by molar-refractivity contribution is 7.92. The summed E-state index contributed by atoms with van der Waals surface area (Å²) in [7, 11) is -3.68. The minimum atomic E-state index is -3.68. The summed E-state index contributed by atoms with van der Waals surface area (Å²) in [6.45, 7) is 0. The first kappa shape index (κ1) is 16.0. The first-order chi connectivity index (χ1) is 10.8. The van der Waals surface area contributed by atoms with Gasteiger partial charge in [-0.05, 0) is 35.2 Å². The van der Waals surface area contributed by atoms with Gasteiger partial charge >= 0.3 is 0 Å². The van der Waals surface area contributed by atoms with Crippen LogP contribution in [0.1, 0.15) is 5.56 Å². The highest BCUT2D eigenvalue weighted by Gasteiger charge is 2.29. The second kappa shape index (κ2) is 5.95. The Morgan fingerprint density at radius 1 is 1.35 bits per heavy atom. The van der Waals surface area contributed by atoms with E-state index in [2.05, 4.69) is 10.6 Å². The van der Waals surface area contributed by atoms with Crippen LogP contribution in [0.25, 0.3) is 0 Å². The molecule has 0 saturated heterocycles. The van der Waals surface area contributed by atoms with Gasteiger partial charge in [-0.2, -0.15) is 0 Å². The lowest BCUT2D eigenvalue weighted by Crippen LogP contribution is -2.29. The maximum atomic E-state index is 12.0. The van der Waals surface area contributed by atoms with E-state index in [9.17, 15) is 18.0 Å². The zero-order chi connectivity index (χ0) is 16.6. The first-order valence-corrected chi connectivity index (χ1v) is 9.44. The molecule has 23 heavy (non-hydrogen) atoms. The standard InChI is InChI=1S/C14H11ClN2O4S2/c15-12-3-8(6-22-12)4-13(18)16-9-1-2-10-11(5-9)23(20,21)7-14(19)17-10/h1-3,5-6H,4,7H2,(H,16,18)(H,17,19). The number of rotatable bonds is 3. The Balaban J connectivity index is 1.79. The van der Waals surface area contributed by atoms with E-state index in [4.69, 9.17) is 11.6 Å². The number of thiophene rings is 1. The van der Waals surface area contributed by atoms with Crippen molar-refractivity contribution in [2.24, 2.45) is 0 Å². The summed E-state index contributed by atoms with van der Waals surface area (Å²) in [6, 6.07) is 6.06. The van der Waals surface area contributed by atoms with Gasteiger partial charge in [-0.15, -0.1) is 11.3 Å². The lowest BCUT2D eigenvalue weighted by molar-refractivity contribution is -0.116. The van der Waals surface area contributed by atoms with Crippen molar-refractivity contribution in [2.75, 3.05) is 16.4 Å². The van der Waals surface area contributed by atoms with Crippen LogP contribution in [0.3, 0.4) is 0 Å². The molecule has 6 nitrogen and oxygen atoms in total. The Morgan fingerprint density at radius 2 is 2.13 bits per heavy atom. The van der Waals surface area contributed by atoms with Crippen molar-refractivity contribution in [3.8, 4) is 0 Å². The molecule has 9 heteroatoms. The van der Waals surface area contributed by atoms with Crippen LogP contribution in [-0.2, 0) is 25.8 Å². The minimum absolute atomic E-state index is 0.00785. The van der Waals surface area contributed by atoms with Crippen LogP contribution in [0, 0.1) is 0 Å². The Morgan fingerprint density at radius 3 is 2.83 bits per heavy atom. The van der Waals surface area contributed by atoms with Crippen LogP contribution in [0.15, 0.2) is 34.5 Å². The molecule has 2 heterocycles. The number of fused-ring (bicyclic) bond motifs is 1. The monoisotopic (exact) mass is 370 g/mol. The zero-order valence-electron chi connectivity index (χ0n) is 11.6. The Bertz CT molecular complexity index is 905. The molecule has 0 saturated carbocycles. The fourth-order valence-corrected chi connectivity index (χ4v) is 4.47. The predicted molar refractivity (Wildman–Crippen MR) is 88.8 cm³/mol. The number of carbonyl (C=O) groups excluding carboxylic acids is 2. The first-order valence-electron chi connectivity index (χ1n) is 6.53. The van der Waals surface area contributed by atoms with E-state index in [-0.39, 0.29) is 22.9 Å². The van der Waals surface area contributed by atoms with E-state index in [1.165, 1.54) is 23.5 Å². The van der Waals surface area contributed by atoms with Crippen LogP contribution >= 0.6 is 22.9 Å². The molecular formula is C14H11ClN2O4S2. The van der Waals surface area contributed by atoms with E-state index >= 15 is 0 Å². The molecule has 1 aromatic carbocycles. The minimum Gasteiger partial charge on any atom is -0.326 e. The highest BCUT2D eigenvalue weighted by Crippen LogP contribution is 2.29. The molecule has 1 aromatic heterocycles. The van der Waals surface area contributed by atoms with Gasteiger partial charge in [-0.25, -0.2) is 8.42 Å². The summed E-state index contributed by atoms with van der Waals surface area (Å²) in [6.07, 6.45) is 0.143. The quantitative estimate of drug-likeness (QED) is 0.867. The van der Waals surface area contributed by atoms with Gasteiger partial charge in [0.05, 0.1) is 21.3 Å². The van der Waals surface area contributed by atoms with E-state index in [0.717, 1.165) is 5.56 Å². The van der Waals surface area contributed by atoms with Crippen molar-refractivity contribution in [2.45, 2.75) is 11.3 Å². The molecule has 1 aliphatic rings. The van der Waals surface area contributed by atoms with Crippen LogP contribution in [0.4, 0.5) is 11.4 Å². The van der Waals surface area contributed by atoms with Crippen molar-refractivity contribution in [3.63, 3.8) is 0 Å². The molecule has 120 valence electrons. The van der Waals surface area contributed by atoms with Gasteiger partial charge < -0.3 is 10.6 Å². The number of sulfone groups is 1. The summed E-state index contributed by atoms with van der Waals surface area (Å²) in [5.74, 6) is -1.44. The summed E-state index contributed by atoms with van der Waals surface area (Å²) in [5.41, 5.74) is 1.37. The number of nitrogens with one attached hydrogen (secondary N) is 2. The van der Waals surface area contributed by atoms with E-state index in [1.54, 1.807) is 17.5 Å². The van der Waals surface area contributed by atoms with Gasteiger partial charge in [-0.3, -0.25) is 9.59 Å². The van der Waals surface area contributed by atoms with Gasteiger partial charge in [0, 0.05) is 5.69 Å². The molecular weight excluding hydrogens is 360 g/mol. The highest BCUT2D eigenvalue weighted by atomic mass is 35.5. The number of hydrogen-bond donors (Lipinski definition) is 2. The topological polar surface area (TPSA) is 92.3 Å². The maximum absolute atomic E-state index is 12.0. The van der Waals surface area contributed by atoms with Crippen molar-refractivity contribution >= 4 is 56.0 Å². The fraction of sp³-hybridized carbons (Fsp3) is 0.143. The van der Waals surface area contributed by atoms with E-state index in [1.807, 2.05) is 0 Å². The smallest absolute Gasteiger partial charge is 0.239 e. The Labute approximate surface area is 141 Å². The van der Waals surface area contributed by atoms with Crippen LogP contribution in [-0.4, -0.2) is 26.0 Å². The number of anilines is 2. The molecule has 2 amide bonds. The molecule has 0 spiro atoms. The normalized spacial score (nSPS) is 15.6. The molecule has 0 atom stereocenters. The summed E-state index contributed by atoms with van der Waals surface area (Å²) in [5, 5.41) is 6.93. The molecule has 0 fully saturated rings. The molecule has 3 rings (SSSR count). The molecule has 0 unspecified atom stereocenters. The summed E-state index contributed by atoms with van der Waals surface area (Å²) >= 11 is 7.15.